The van der Waals surface area contributed by atoms with Crippen molar-refractivity contribution in [3.05, 3.63) is 5.82 Å². The summed E-state index contributed by atoms with van der Waals surface area (Å²) in [5.41, 5.74) is 4.43. The van der Waals surface area contributed by atoms with Gasteiger partial charge in [0, 0.05) is 0 Å². The Kier molecular flexibility index (Phi) is 10.8. The molecular weight excluding hydrogens is 637 g/mol. The monoisotopic (exact) mass is 683 g/mol. The molecule has 0 amide bonds. The molecule has 6 N–H and O–H groups in total. The third-order valence-electron chi connectivity index (χ3n) is 8.91. The van der Waals surface area contributed by atoms with Crippen molar-refractivity contribution >= 4 is 36.7 Å². The van der Waals surface area contributed by atoms with Gasteiger partial charge in [-0.25, -0.2) is 15.2 Å². The van der Waals surface area contributed by atoms with Gasteiger partial charge in [0.1, 0.15) is 47.9 Å². The van der Waals surface area contributed by atoms with Gasteiger partial charge in [-0.15, -0.1) is 0 Å². The number of hydrogen-bond donors (Lipinski definition) is 5. The number of hydrogen-bond acceptors (Lipinski definition) is 14. The van der Waals surface area contributed by atoms with E-state index < -0.39 is 62.3 Å². The van der Waals surface area contributed by atoms with Crippen LogP contribution in [0.5, 0.6) is 5.88 Å². The molecule has 2 aliphatic carbocycles. The van der Waals surface area contributed by atoms with E-state index in [2.05, 4.69) is 25.1 Å². The van der Waals surface area contributed by atoms with E-state index in [-0.39, 0.29) is 35.2 Å². The molecule has 5 rings (SSSR count). The number of nitrogens with one attached hydrogen (secondary N) is 2. The Labute approximate surface area is 272 Å². The van der Waals surface area contributed by atoms with E-state index in [4.69, 9.17) is 29.2 Å². The minimum atomic E-state index is -4.24. The summed E-state index contributed by atoms with van der Waals surface area (Å²) in [4.78, 5) is 38.5. The van der Waals surface area contributed by atoms with Crippen LogP contribution in [0.15, 0.2) is 0 Å². The number of aliphatic hydroxyl groups is 2. The van der Waals surface area contributed by atoms with Gasteiger partial charge < -0.3 is 39.4 Å². The summed E-state index contributed by atoms with van der Waals surface area (Å²) >= 11 is 0. The lowest BCUT2D eigenvalue weighted by molar-refractivity contribution is -0.150. The molecule has 2 aromatic rings. The van der Waals surface area contributed by atoms with Crippen molar-refractivity contribution in [3.63, 3.8) is 0 Å². The number of fused-ring (bicyclic) bond motifs is 1. The third kappa shape index (κ3) is 7.71. The van der Waals surface area contributed by atoms with Crippen LogP contribution in [0.4, 0.5) is 5.95 Å². The van der Waals surface area contributed by atoms with E-state index >= 15 is 0 Å². The van der Waals surface area contributed by atoms with E-state index in [0.29, 0.717) is 5.82 Å². The van der Waals surface area contributed by atoms with Crippen LogP contribution in [-0.2, 0) is 32.9 Å². The smallest absolute Gasteiger partial charge is 0.342 e. The fraction of sp³-hybridized carbons (Fsp3) is 0.759. The summed E-state index contributed by atoms with van der Waals surface area (Å²) < 4.78 is 44.1. The standard InChI is InChI=1S/C29H46N7O10P/c1-15(25(38)44-18-10-6-7-11-18)34-47(41,35-16(2)26(39)45-19-12-8-9-13-19)43-14-20-22(37)29(4,40)27(46-20)36-17(3)31-21-23(36)32-28(30)33-24(21)42-5/h15-16,18-20,22,27,37,40H,6-14H2,1-5H3,(H2,30,32,33)(H2,34,35,41). The van der Waals surface area contributed by atoms with Gasteiger partial charge in [0.25, 0.3) is 0 Å². The lowest BCUT2D eigenvalue weighted by Crippen LogP contribution is -2.46. The molecule has 3 fully saturated rings. The Morgan fingerprint density at radius 3 is 2.09 bits per heavy atom. The molecule has 17 nitrogen and oxygen atoms in total. The number of aryl methyl sites for hydroxylation is 1. The Balaban J connectivity index is 1.34. The number of methoxy groups -OCH3 is 1. The minimum absolute atomic E-state index is 0.104. The molecule has 18 heteroatoms. The number of imidazole rings is 1. The third-order valence-corrected chi connectivity index (χ3v) is 10.9. The number of carbonyl (C=O) groups is 2. The lowest BCUT2D eigenvalue weighted by Gasteiger charge is -2.28. The predicted octanol–water partition coefficient (Wildman–Crippen LogP) is 1.79. The van der Waals surface area contributed by atoms with Crippen molar-refractivity contribution in [1.82, 2.24) is 29.7 Å². The molecule has 47 heavy (non-hydrogen) atoms. The highest BCUT2D eigenvalue weighted by Crippen LogP contribution is 2.45. The SMILES string of the molecule is COc1nc(N)nc2c1nc(C)n2C1OC(COP(=O)(NC(C)C(=O)OC2CCCC2)NC(C)C(=O)OC2CCCC2)C(O)C1(C)O. The fourth-order valence-electron chi connectivity index (χ4n) is 6.30. The summed E-state index contributed by atoms with van der Waals surface area (Å²) in [6.07, 6.45) is 2.40. The first-order valence-electron chi connectivity index (χ1n) is 16.1. The van der Waals surface area contributed by atoms with Crippen molar-refractivity contribution in [3.8, 4) is 5.88 Å². The van der Waals surface area contributed by atoms with Crippen LogP contribution < -0.4 is 20.6 Å². The van der Waals surface area contributed by atoms with Crippen LogP contribution >= 0.6 is 7.67 Å². The van der Waals surface area contributed by atoms with Crippen LogP contribution in [0.3, 0.4) is 0 Å². The molecule has 6 atom stereocenters. The molecule has 0 aromatic carbocycles. The molecule has 1 saturated heterocycles. The largest absolute Gasteiger partial charge is 0.479 e. The molecule has 0 bridgehead atoms. The first-order valence-corrected chi connectivity index (χ1v) is 17.7. The van der Waals surface area contributed by atoms with Crippen molar-refractivity contribution < 1.29 is 47.8 Å². The van der Waals surface area contributed by atoms with Crippen molar-refractivity contribution in [1.29, 1.82) is 0 Å². The number of ether oxygens (including phenoxy) is 4. The molecule has 0 radical (unpaired) electrons. The molecule has 2 aromatic heterocycles. The number of nitrogens with zero attached hydrogens (tertiary/aromatic N) is 4. The van der Waals surface area contributed by atoms with Gasteiger partial charge in [0.05, 0.1) is 13.7 Å². The highest BCUT2D eigenvalue weighted by molar-refractivity contribution is 7.54. The fourth-order valence-corrected chi connectivity index (χ4v) is 8.11. The first-order chi connectivity index (χ1) is 22.2. The first kappa shape index (κ1) is 35.4. The number of anilines is 1. The zero-order valence-corrected chi connectivity index (χ0v) is 28.3. The zero-order chi connectivity index (χ0) is 34.1. The van der Waals surface area contributed by atoms with Gasteiger partial charge in [-0.2, -0.15) is 9.97 Å². The normalized spacial score (nSPS) is 27.9. The van der Waals surface area contributed by atoms with Crippen molar-refractivity contribution in [2.75, 3.05) is 19.5 Å². The minimum Gasteiger partial charge on any atom is -0.479 e. The van der Waals surface area contributed by atoms with Crippen LogP contribution in [0.25, 0.3) is 11.2 Å². The van der Waals surface area contributed by atoms with E-state index in [9.17, 15) is 24.4 Å². The Morgan fingerprint density at radius 1 is 1.04 bits per heavy atom. The van der Waals surface area contributed by atoms with Crippen LogP contribution in [0.1, 0.15) is 84.2 Å². The molecule has 2 saturated carbocycles. The maximum atomic E-state index is 14.3. The summed E-state index contributed by atoms with van der Waals surface area (Å²) in [6, 6.07) is -2.17. The number of esters is 2. The molecule has 3 aliphatic rings. The van der Waals surface area contributed by atoms with Crippen molar-refractivity contribution in [2.24, 2.45) is 0 Å². The van der Waals surface area contributed by atoms with Gasteiger partial charge >= 0.3 is 19.6 Å². The van der Waals surface area contributed by atoms with E-state index in [1.54, 1.807) is 6.92 Å². The quantitative estimate of drug-likeness (QED) is 0.150. The Hall–Kier alpha value is -2.92. The maximum Gasteiger partial charge on any atom is 0.342 e. The van der Waals surface area contributed by atoms with Gasteiger partial charge in [-0.1, -0.05) is 0 Å². The van der Waals surface area contributed by atoms with Crippen LogP contribution in [-0.4, -0.2) is 97.5 Å². The van der Waals surface area contributed by atoms with E-state index in [0.717, 1.165) is 51.4 Å². The number of rotatable bonds is 13. The second-order valence-corrected chi connectivity index (χ2v) is 14.6. The Bertz CT molecular complexity index is 1450. The van der Waals surface area contributed by atoms with Crippen LogP contribution in [0.2, 0.25) is 0 Å². The van der Waals surface area contributed by atoms with Gasteiger partial charge in [0.15, 0.2) is 17.4 Å². The number of nitrogens with two attached hydrogens (primary N) is 1. The molecule has 3 heterocycles. The highest BCUT2D eigenvalue weighted by Gasteiger charge is 2.54. The highest BCUT2D eigenvalue weighted by atomic mass is 31.2. The lowest BCUT2D eigenvalue weighted by atomic mass is 9.96. The van der Waals surface area contributed by atoms with Crippen LogP contribution in [0, 0.1) is 6.92 Å². The van der Waals surface area contributed by atoms with Gasteiger partial charge in [-0.3, -0.25) is 18.7 Å². The maximum absolute atomic E-state index is 14.3. The molecule has 6 unspecified atom stereocenters. The summed E-state index contributed by atoms with van der Waals surface area (Å²) in [5.74, 6) is -0.874. The number of aliphatic hydroxyl groups excluding tert-OH is 1. The molecule has 1 aliphatic heterocycles. The average molecular weight is 684 g/mol. The van der Waals surface area contributed by atoms with Crippen molar-refractivity contribution in [2.45, 2.75) is 127 Å². The van der Waals surface area contributed by atoms with E-state index in [1.807, 2.05) is 0 Å². The molecular formula is C29H46N7O10P. The summed E-state index contributed by atoms with van der Waals surface area (Å²) in [7, 11) is -2.84. The number of nitrogen functional groups attached to an aromatic ring is 1. The second-order valence-electron chi connectivity index (χ2n) is 12.7. The topological polar surface area (TPSA) is 231 Å². The Morgan fingerprint density at radius 2 is 1.57 bits per heavy atom. The molecule has 0 spiro atoms. The number of aromatic nitrogens is 4. The van der Waals surface area contributed by atoms with Gasteiger partial charge in [0.2, 0.25) is 11.8 Å². The predicted molar refractivity (Wildman–Crippen MR) is 167 cm³/mol. The number of carbonyl (C=O) groups excluding carboxylic acids is 2. The zero-order valence-electron chi connectivity index (χ0n) is 27.4. The molecule has 262 valence electrons. The second kappa shape index (κ2) is 14.3. The average Bonchev–Trinajstić information content (AvgIpc) is 3.81. The van der Waals surface area contributed by atoms with E-state index in [1.165, 1.54) is 32.4 Å². The van der Waals surface area contributed by atoms with Gasteiger partial charge in [-0.05, 0) is 79.1 Å². The summed E-state index contributed by atoms with van der Waals surface area (Å²) in [5, 5.41) is 28.0. The summed E-state index contributed by atoms with van der Waals surface area (Å²) in [6.45, 7) is 5.45.